The number of phenolic OH excluding ortho intramolecular Hbond substituents is 1. The zero-order valence-corrected chi connectivity index (χ0v) is 15.6. The Balaban J connectivity index is 1.89. The smallest absolute Gasteiger partial charge is 0.401 e. The Kier molecular flexibility index (Phi) is 7.58. The van der Waals surface area contributed by atoms with Gasteiger partial charge in [0.2, 0.25) is 0 Å². The van der Waals surface area contributed by atoms with Gasteiger partial charge in [0.25, 0.3) is 0 Å². The molecule has 1 aromatic carbocycles. The second-order valence-electron chi connectivity index (χ2n) is 6.46. The molecule has 0 aromatic heterocycles. The molecular formula is C18H27F3N4O2. The van der Waals surface area contributed by atoms with Gasteiger partial charge < -0.3 is 20.5 Å². The molecule has 1 fully saturated rings. The second-order valence-corrected chi connectivity index (χ2v) is 6.46. The Hall–Kier alpha value is -2.16. The zero-order chi connectivity index (χ0) is 19.9. The van der Waals surface area contributed by atoms with Crippen LogP contribution in [0.2, 0.25) is 0 Å². The van der Waals surface area contributed by atoms with Crippen LogP contribution in [0.4, 0.5) is 13.2 Å². The summed E-state index contributed by atoms with van der Waals surface area (Å²) in [6.07, 6.45) is -3.02. The molecule has 0 radical (unpaired) electrons. The van der Waals surface area contributed by atoms with Gasteiger partial charge in [-0.25, -0.2) is 0 Å². The Labute approximate surface area is 157 Å². The topological polar surface area (TPSA) is 69.1 Å². The van der Waals surface area contributed by atoms with Crippen LogP contribution in [-0.2, 0) is 6.42 Å². The van der Waals surface area contributed by atoms with Crippen molar-refractivity contribution in [2.75, 3.05) is 39.8 Å². The van der Waals surface area contributed by atoms with Crippen molar-refractivity contribution >= 4 is 5.96 Å². The van der Waals surface area contributed by atoms with E-state index in [0.717, 1.165) is 5.56 Å². The van der Waals surface area contributed by atoms with Gasteiger partial charge in [-0.15, -0.1) is 0 Å². The van der Waals surface area contributed by atoms with E-state index in [4.69, 9.17) is 4.74 Å². The first-order chi connectivity index (χ1) is 12.8. The average molecular weight is 388 g/mol. The summed E-state index contributed by atoms with van der Waals surface area (Å²) >= 11 is 0. The third-order valence-corrected chi connectivity index (χ3v) is 4.31. The molecule has 0 saturated carbocycles. The second kappa shape index (κ2) is 9.68. The lowest BCUT2D eigenvalue weighted by Crippen LogP contribution is -2.45. The number of nitrogens with one attached hydrogen (secondary N) is 2. The highest BCUT2D eigenvalue weighted by atomic mass is 19.4. The number of nitrogens with zero attached hydrogens (tertiary/aromatic N) is 2. The number of guanidine groups is 1. The summed E-state index contributed by atoms with van der Waals surface area (Å²) in [5.41, 5.74) is 0.728. The summed E-state index contributed by atoms with van der Waals surface area (Å²) in [5, 5.41) is 16.4. The third kappa shape index (κ3) is 6.82. The largest absolute Gasteiger partial charge is 0.504 e. The van der Waals surface area contributed by atoms with Crippen LogP contribution in [0.25, 0.3) is 0 Å². The predicted octanol–water partition coefficient (Wildman–Crippen LogP) is 2.13. The van der Waals surface area contributed by atoms with Gasteiger partial charge in [0.05, 0.1) is 13.7 Å². The molecule has 1 aliphatic rings. The lowest BCUT2D eigenvalue weighted by Gasteiger charge is -2.19. The van der Waals surface area contributed by atoms with Crippen LogP contribution in [0.5, 0.6) is 11.5 Å². The van der Waals surface area contributed by atoms with Gasteiger partial charge in [-0.2, -0.15) is 13.2 Å². The molecule has 9 heteroatoms. The Morgan fingerprint density at radius 2 is 2.19 bits per heavy atom. The number of methoxy groups -OCH3 is 1. The number of phenols is 1. The molecule has 1 atom stereocenters. The van der Waals surface area contributed by atoms with Crippen molar-refractivity contribution in [3.8, 4) is 11.5 Å². The molecule has 152 valence electrons. The van der Waals surface area contributed by atoms with Crippen molar-refractivity contribution in [3.63, 3.8) is 0 Å². The SMILES string of the molecule is CCNC(=NCCc1cccc(OC)c1O)NC1CCN(CC(F)(F)F)C1. The van der Waals surface area contributed by atoms with Crippen molar-refractivity contribution < 1.29 is 23.0 Å². The van der Waals surface area contributed by atoms with Crippen LogP contribution >= 0.6 is 0 Å². The van der Waals surface area contributed by atoms with Gasteiger partial charge in [-0.05, 0) is 31.4 Å². The zero-order valence-electron chi connectivity index (χ0n) is 15.6. The maximum atomic E-state index is 12.5. The summed E-state index contributed by atoms with van der Waals surface area (Å²) in [7, 11) is 1.49. The van der Waals surface area contributed by atoms with Crippen molar-refractivity contribution in [1.82, 2.24) is 15.5 Å². The molecule has 0 amide bonds. The number of halogens is 3. The summed E-state index contributed by atoms with van der Waals surface area (Å²) in [6.45, 7) is 2.86. The highest BCUT2D eigenvalue weighted by Crippen LogP contribution is 2.29. The van der Waals surface area contributed by atoms with Crippen molar-refractivity contribution in [1.29, 1.82) is 0 Å². The Morgan fingerprint density at radius 3 is 2.85 bits per heavy atom. The van der Waals surface area contributed by atoms with Crippen LogP contribution in [0.15, 0.2) is 23.2 Å². The minimum absolute atomic E-state index is 0.0737. The van der Waals surface area contributed by atoms with Gasteiger partial charge in [0.15, 0.2) is 17.5 Å². The molecule has 2 rings (SSSR count). The van der Waals surface area contributed by atoms with Crippen LogP contribution in [0.1, 0.15) is 18.9 Å². The molecular weight excluding hydrogens is 361 g/mol. The number of aromatic hydroxyl groups is 1. The first kappa shape index (κ1) is 21.1. The lowest BCUT2D eigenvalue weighted by atomic mass is 10.1. The van der Waals surface area contributed by atoms with Gasteiger partial charge in [0.1, 0.15) is 0 Å². The van der Waals surface area contributed by atoms with Gasteiger partial charge in [-0.3, -0.25) is 9.89 Å². The third-order valence-electron chi connectivity index (χ3n) is 4.31. The molecule has 1 unspecified atom stereocenters. The fourth-order valence-corrected chi connectivity index (χ4v) is 3.08. The first-order valence-electron chi connectivity index (χ1n) is 9.01. The Bertz CT molecular complexity index is 638. The van der Waals surface area contributed by atoms with Crippen molar-refractivity contribution in [2.24, 2.45) is 4.99 Å². The maximum Gasteiger partial charge on any atom is 0.401 e. The van der Waals surface area contributed by atoms with Gasteiger partial charge >= 0.3 is 6.18 Å². The number of hydrogen-bond donors (Lipinski definition) is 3. The molecule has 1 saturated heterocycles. The predicted molar refractivity (Wildman–Crippen MR) is 98.4 cm³/mol. The normalized spacial score (nSPS) is 18.6. The highest BCUT2D eigenvalue weighted by Gasteiger charge is 2.34. The fraction of sp³-hybridized carbons (Fsp3) is 0.611. The van der Waals surface area contributed by atoms with E-state index in [0.29, 0.717) is 50.7 Å². The van der Waals surface area contributed by atoms with E-state index in [2.05, 4.69) is 15.6 Å². The minimum Gasteiger partial charge on any atom is -0.504 e. The number of likely N-dealkylation sites (tertiary alicyclic amines) is 1. The number of para-hydroxylation sites is 1. The molecule has 6 nitrogen and oxygen atoms in total. The molecule has 27 heavy (non-hydrogen) atoms. The van der Waals surface area contributed by atoms with Crippen LogP contribution in [0.3, 0.4) is 0 Å². The lowest BCUT2D eigenvalue weighted by molar-refractivity contribution is -0.143. The number of alkyl halides is 3. The molecule has 0 aliphatic carbocycles. The van der Waals surface area contributed by atoms with Crippen LogP contribution in [-0.4, -0.2) is 68.0 Å². The van der Waals surface area contributed by atoms with E-state index in [1.165, 1.54) is 12.0 Å². The van der Waals surface area contributed by atoms with Gasteiger partial charge in [0, 0.05) is 32.2 Å². The summed E-state index contributed by atoms with van der Waals surface area (Å²) in [6, 6.07) is 5.21. The van der Waals surface area contributed by atoms with E-state index in [1.807, 2.05) is 6.92 Å². The number of rotatable bonds is 7. The fourth-order valence-electron chi connectivity index (χ4n) is 3.08. The van der Waals surface area contributed by atoms with Crippen LogP contribution in [0, 0.1) is 0 Å². The maximum absolute atomic E-state index is 12.5. The molecule has 0 spiro atoms. The van der Waals surface area contributed by atoms with E-state index < -0.39 is 12.7 Å². The summed E-state index contributed by atoms with van der Waals surface area (Å²) < 4.78 is 42.6. The summed E-state index contributed by atoms with van der Waals surface area (Å²) in [5.74, 6) is 1.09. The van der Waals surface area contributed by atoms with E-state index >= 15 is 0 Å². The molecule has 0 bridgehead atoms. The molecule has 1 aliphatic heterocycles. The number of aliphatic imine (C=N–C) groups is 1. The molecule has 1 heterocycles. The van der Waals surface area contributed by atoms with E-state index in [9.17, 15) is 18.3 Å². The monoisotopic (exact) mass is 388 g/mol. The number of hydrogen-bond acceptors (Lipinski definition) is 4. The Morgan fingerprint density at radius 1 is 1.41 bits per heavy atom. The summed E-state index contributed by atoms with van der Waals surface area (Å²) in [4.78, 5) is 5.87. The van der Waals surface area contributed by atoms with Gasteiger partial charge in [-0.1, -0.05) is 12.1 Å². The van der Waals surface area contributed by atoms with Crippen LogP contribution < -0.4 is 15.4 Å². The quantitative estimate of drug-likeness (QED) is 0.493. The van der Waals surface area contributed by atoms with E-state index in [-0.39, 0.29) is 11.8 Å². The minimum atomic E-state index is -4.17. The highest BCUT2D eigenvalue weighted by molar-refractivity contribution is 5.80. The number of benzene rings is 1. The standard InChI is InChI=1S/C18H27F3N4O2/c1-3-22-17(24-14-8-10-25(11-14)12-18(19,20)21)23-9-7-13-5-4-6-15(27-2)16(13)26/h4-6,14,26H,3,7-12H2,1-2H3,(H2,22,23,24). The first-order valence-corrected chi connectivity index (χ1v) is 9.01. The van der Waals surface area contributed by atoms with E-state index in [1.54, 1.807) is 18.2 Å². The average Bonchev–Trinajstić information content (AvgIpc) is 3.01. The number of ether oxygens (including phenoxy) is 1. The molecule has 3 N–H and O–H groups in total. The molecule has 1 aromatic rings. The van der Waals surface area contributed by atoms with Crippen molar-refractivity contribution in [2.45, 2.75) is 32.0 Å². The van der Waals surface area contributed by atoms with Crippen molar-refractivity contribution in [3.05, 3.63) is 23.8 Å².